The molecule has 3 fully saturated rings. The summed E-state index contributed by atoms with van der Waals surface area (Å²) >= 11 is 0. The van der Waals surface area contributed by atoms with Crippen LogP contribution in [-0.4, -0.2) is 59.3 Å². The van der Waals surface area contributed by atoms with Gasteiger partial charge in [-0.1, -0.05) is 36.4 Å². The molecule has 4 heterocycles. The highest BCUT2D eigenvalue weighted by molar-refractivity contribution is 5.85. The van der Waals surface area contributed by atoms with E-state index in [1.54, 1.807) is 13.3 Å². The van der Waals surface area contributed by atoms with E-state index in [1.807, 2.05) is 60.7 Å². The lowest BCUT2D eigenvalue weighted by molar-refractivity contribution is -0.139. The number of pyridine rings is 1. The predicted molar refractivity (Wildman–Crippen MR) is 144 cm³/mol. The van der Waals surface area contributed by atoms with Gasteiger partial charge in [0.1, 0.15) is 17.9 Å². The maximum atomic E-state index is 13.3. The number of rotatable bonds is 9. The zero-order chi connectivity index (χ0) is 26.6. The minimum absolute atomic E-state index is 0.0510. The van der Waals surface area contributed by atoms with Crippen LogP contribution in [-0.2, 0) is 16.0 Å². The molecule has 0 saturated carbocycles. The summed E-state index contributed by atoms with van der Waals surface area (Å²) in [6.45, 7) is 5.80. The van der Waals surface area contributed by atoms with E-state index in [4.69, 9.17) is 9.47 Å². The number of hydrogen-bond donors (Lipinski definition) is 2. The molecule has 2 aromatic carbocycles. The second kappa shape index (κ2) is 11.2. The molecule has 6 rings (SSSR count). The third-order valence-electron chi connectivity index (χ3n) is 7.90. The van der Waals surface area contributed by atoms with Gasteiger partial charge >= 0.3 is 12.1 Å². The highest BCUT2D eigenvalue weighted by Crippen LogP contribution is 2.43. The number of ether oxygens (including phenoxy) is 2. The predicted octanol–water partition coefficient (Wildman–Crippen LogP) is 4.60. The van der Waals surface area contributed by atoms with Gasteiger partial charge in [-0.05, 0) is 61.1 Å². The van der Waals surface area contributed by atoms with Gasteiger partial charge in [-0.25, -0.2) is 9.59 Å². The topological polar surface area (TPSA) is 101 Å². The minimum atomic E-state index is -1.12. The van der Waals surface area contributed by atoms with E-state index in [0.29, 0.717) is 17.6 Å². The Kier molecular flexibility index (Phi) is 7.60. The van der Waals surface area contributed by atoms with Crippen LogP contribution in [0, 0.1) is 11.8 Å². The van der Waals surface area contributed by atoms with Gasteiger partial charge in [0.25, 0.3) is 0 Å². The van der Waals surface area contributed by atoms with Crippen LogP contribution in [0.15, 0.2) is 73.4 Å². The first-order valence-corrected chi connectivity index (χ1v) is 13.0. The zero-order valence-corrected chi connectivity index (χ0v) is 21.5. The Hall–Kier alpha value is -3.91. The average molecular weight is 516 g/mol. The maximum Gasteiger partial charge on any atom is 0.408 e. The van der Waals surface area contributed by atoms with Gasteiger partial charge in [0.15, 0.2) is 0 Å². The number of carboxylic acids is 1. The first kappa shape index (κ1) is 25.7. The molecule has 198 valence electrons. The van der Waals surface area contributed by atoms with Gasteiger partial charge < -0.3 is 19.9 Å². The van der Waals surface area contributed by atoms with Crippen molar-refractivity contribution in [3.8, 4) is 5.75 Å². The number of carboxylic acid groups (broad SMARTS) is 1. The molecule has 0 spiro atoms. The first-order chi connectivity index (χ1) is 18.5. The molecule has 38 heavy (non-hydrogen) atoms. The van der Waals surface area contributed by atoms with Gasteiger partial charge in [-0.3, -0.25) is 9.88 Å². The van der Waals surface area contributed by atoms with Crippen LogP contribution < -0.4 is 10.1 Å². The summed E-state index contributed by atoms with van der Waals surface area (Å²) in [5.41, 5.74) is 2.41. The first-order valence-electron chi connectivity index (χ1n) is 13.0. The zero-order valence-electron chi connectivity index (χ0n) is 21.5. The van der Waals surface area contributed by atoms with E-state index in [9.17, 15) is 14.7 Å². The van der Waals surface area contributed by atoms with Gasteiger partial charge in [-0.2, -0.15) is 0 Å². The molecule has 3 aliphatic rings. The lowest BCUT2D eigenvalue weighted by Gasteiger charge is -2.51. The number of carbonyl (C=O) groups excluding carboxylic acids is 1. The SMILES string of the molecule is C=C[C@@H]1CN2CC[C@H]1C[C@@H]2[C@@H](OC(=O)NC(Cc1ccccc1)C(=O)O)c1ccnc2ccc(OC)cc12. The normalized spacial score (nSPS) is 23.8. The van der Waals surface area contributed by atoms with Gasteiger partial charge in [-0.15, -0.1) is 6.58 Å². The Bertz CT molecular complexity index is 1310. The molecule has 8 nitrogen and oxygen atoms in total. The molecule has 0 radical (unpaired) electrons. The molecule has 6 atom stereocenters. The van der Waals surface area contributed by atoms with Gasteiger partial charge in [0, 0.05) is 30.1 Å². The summed E-state index contributed by atoms with van der Waals surface area (Å²) in [4.78, 5) is 32.2. The lowest BCUT2D eigenvalue weighted by Crippen LogP contribution is -2.56. The average Bonchev–Trinajstić information content (AvgIpc) is 2.95. The van der Waals surface area contributed by atoms with E-state index in [1.165, 1.54) is 0 Å². The summed E-state index contributed by atoms with van der Waals surface area (Å²) in [5, 5.41) is 13.3. The van der Waals surface area contributed by atoms with Crippen molar-refractivity contribution in [1.29, 1.82) is 0 Å². The Balaban J connectivity index is 1.46. The summed E-state index contributed by atoms with van der Waals surface area (Å²) < 4.78 is 11.6. The molecule has 2 unspecified atom stereocenters. The molecule has 3 aliphatic heterocycles. The Morgan fingerprint density at radius 2 is 2.05 bits per heavy atom. The van der Waals surface area contributed by atoms with Crippen molar-refractivity contribution in [2.45, 2.75) is 37.5 Å². The molecule has 3 aromatic rings. The summed E-state index contributed by atoms with van der Waals surface area (Å²) in [7, 11) is 1.61. The number of nitrogens with one attached hydrogen (secondary N) is 1. The fraction of sp³-hybridized carbons (Fsp3) is 0.367. The molecule has 8 heteroatoms. The Labute approximate surface area is 222 Å². The minimum Gasteiger partial charge on any atom is -0.497 e. The third kappa shape index (κ3) is 5.36. The Morgan fingerprint density at radius 3 is 2.74 bits per heavy atom. The number of benzene rings is 2. The monoisotopic (exact) mass is 515 g/mol. The fourth-order valence-electron chi connectivity index (χ4n) is 5.90. The van der Waals surface area contributed by atoms with Crippen LogP contribution in [0.3, 0.4) is 0 Å². The molecular formula is C30H33N3O5. The number of alkyl carbamates (subject to hydrolysis) is 1. The number of hydrogen-bond acceptors (Lipinski definition) is 6. The van der Waals surface area contributed by atoms with Crippen molar-refractivity contribution in [2.75, 3.05) is 20.2 Å². The van der Waals surface area contributed by atoms with E-state index < -0.39 is 24.2 Å². The van der Waals surface area contributed by atoms with Crippen LogP contribution in [0.4, 0.5) is 4.79 Å². The Morgan fingerprint density at radius 1 is 1.24 bits per heavy atom. The highest BCUT2D eigenvalue weighted by atomic mass is 16.6. The third-order valence-corrected chi connectivity index (χ3v) is 7.90. The molecule has 1 amide bonds. The number of piperidine rings is 3. The number of aromatic nitrogens is 1. The number of amides is 1. The quantitative estimate of drug-likeness (QED) is 0.402. The van der Waals surface area contributed by atoms with Crippen molar-refractivity contribution in [3.63, 3.8) is 0 Å². The second-order valence-electron chi connectivity index (χ2n) is 10.1. The van der Waals surface area contributed by atoms with Crippen molar-refractivity contribution in [1.82, 2.24) is 15.2 Å². The van der Waals surface area contributed by atoms with Crippen LogP contribution in [0.25, 0.3) is 10.9 Å². The smallest absolute Gasteiger partial charge is 0.408 e. The second-order valence-corrected chi connectivity index (χ2v) is 10.1. The van der Waals surface area contributed by atoms with Crippen LogP contribution >= 0.6 is 0 Å². The summed E-state index contributed by atoms with van der Waals surface area (Å²) in [6.07, 6.45) is 4.47. The van der Waals surface area contributed by atoms with Crippen molar-refractivity contribution in [2.24, 2.45) is 11.8 Å². The molecule has 0 aliphatic carbocycles. The van der Waals surface area contributed by atoms with Crippen LogP contribution in [0.2, 0.25) is 0 Å². The van der Waals surface area contributed by atoms with Crippen molar-refractivity contribution >= 4 is 23.0 Å². The summed E-state index contributed by atoms with van der Waals surface area (Å²) in [5.74, 6) is 0.437. The fourth-order valence-corrected chi connectivity index (χ4v) is 5.90. The van der Waals surface area contributed by atoms with Gasteiger partial charge in [0.05, 0.1) is 18.7 Å². The number of aliphatic carboxylic acids is 1. The molecule has 2 bridgehead atoms. The van der Waals surface area contributed by atoms with E-state index >= 15 is 0 Å². The molecular weight excluding hydrogens is 482 g/mol. The number of carbonyl (C=O) groups is 2. The van der Waals surface area contributed by atoms with E-state index in [2.05, 4.69) is 21.8 Å². The van der Waals surface area contributed by atoms with E-state index in [-0.39, 0.29) is 12.5 Å². The number of fused-ring (bicyclic) bond motifs is 4. The van der Waals surface area contributed by atoms with Crippen molar-refractivity contribution < 1.29 is 24.2 Å². The number of nitrogens with zero attached hydrogens (tertiary/aromatic N) is 2. The highest BCUT2D eigenvalue weighted by Gasteiger charge is 2.44. The van der Waals surface area contributed by atoms with Crippen LogP contribution in [0.1, 0.15) is 30.1 Å². The standard InChI is InChI=1S/C30H33N3O5/c1-3-20-18-33-14-12-21(20)16-27(33)28(23-11-13-31-25-10-9-22(37-2)17-24(23)25)38-30(36)32-26(29(34)35)15-19-7-5-4-6-8-19/h3-11,13,17,20-21,26-28H,1,12,14-16,18H2,2H3,(H,32,36)(H,34,35)/t20-,21+,26?,27-,28+/m1/s1. The maximum absolute atomic E-state index is 13.3. The molecule has 3 saturated heterocycles. The van der Waals surface area contributed by atoms with Gasteiger partial charge in [0.2, 0.25) is 0 Å². The van der Waals surface area contributed by atoms with Crippen molar-refractivity contribution in [3.05, 3.63) is 84.6 Å². The van der Waals surface area contributed by atoms with Crippen LogP contribution in [0.5, 0.6) is 5.75 Å². The largest absolute Gasteiger partial charge is 0.497 e. The summed E-state index contributed by atoms with van der Waals surface area (Å²) in [6, 6.07) is 15.6. The lowest BCUT2D eigenvalue weighted by atomic mass is 9.73. The molecule has 2 N–H and O–H groups in total. The molecule has 1 aromatic heterocycles. The number of methoxy groups -OCH3 is 1. The van der Waals surface area contributed by atoms with E-state index in [0.717, 1.165) is 48.0 Å².